The summed E-state index contributed by atoms with van der Waals surface area (Å²) in [4.78, 5) is 15.8. The summed E-state index contributed by atoms with van der Waals surface area (Å²) in [6, 6.07) is 6.64. The van der Waals surface area contributed by atoms with Gasteiger partial charge in [-0.05, 0) is 60.9 Å². The van der Waals surface area contributed by atoms with E-state index in [9.17, 15) is 4.79 Å². The Balaban J connectivity index is 1.86. The van der Waals surface area contributed by atoms with Gasteiger partial charge in [0.05, 0.1) is 0 Å². The summed E-state index contributed by atoms with van der Waals surface area (Å²) in [6.07, 6.45) is 9.23. The van der Waals surface area contributed by atoms with Gasteiger partial charge < -0.3 is 4.98 Å². The topological polar surface area (TPSA) is 32.9 Å². The van der Waals surface area contributed by atoms with Crippen molar-refractivity contribution >= 4 is 11.9 Å². The van der Waals surface area contributed by atoms with Gasteiger partial charge in [0.1, 0.15) is 0 Å². The van der Waals surface area contributed by atoms with Gasteiger partial charge >= 0.3 is 0 Å². The standard InChI is InChI=1S/C19H19NO/c1-12-18-16(7-2-3-8-17(18)21)19(20-12)15-10-9-13-5-4-6-14(13)11-15/h4-5,9-11,20H,2-3,6-8H2,1H3. The third kappa shape index (κ3) is 1.98. The van der Waals surface area contributed by atoms with Gasteiger partial charge in [0, 0.05) is 23.4 Å². The predicted molar refractivity (Wildman–Crippen MR) is 85.6 cm³/mol. The number of allylic oxidation sites excluding steroid dienone is 1. The van der Waals surface area contributed by atoms with E-state index in [1.807, 2.05) is 6.92 Å². The SMILES string of the molecule is Cc1[nH]c(-c2ccc3c(c2)CC=C3)c2c1C(=O)CCCC2. The molecular weight excluding hydrogens is 258 g/mol. The first-order valence-electron chi connectivity index (χ1n) is 7.78. The molecule has 1 N–H and O–H groups in total. The van der Waals surface area contributed by atoms with Gasteiger partial charge in [-0.3, -0.25) is 4.79 Å². The lowest BCUT2D eigenvalue weighted by Gasteiger charge is -2.07. The highest BCUT2D eigenvalue weighted by Gasteiger charge is 2.24. The Bertz CT molecular complexity index is 764. The number of Topliss-reactive ketones (excluding diaryl/α,β-unsaturated/α-hetero) is 1. The molecule has 0 bridgehead atoms. The fourth-order valence-electron chi connectivity index (χ4n) is 3.68. The van der Waals surface area contributed by atoms with Crippen molar-refractivity contribution in [2.24, 2.45) is 0 Å². The maximum absolute atomic E-state index is 12.3. The zero-order chi connectivity index (χ0) is 14.4. The van der Waals surface area contributed by atoms with Crippen LogP contribution < -0.4 is 0 Å². The zero-order valence-corrected chi connectivity index (χ0v) is 12.3. The summed E-state index contributed by atoms with van der Waals surface area (Å²) in [5.41, 5.74) is 8.31. The molecule has 2 aromatic rings. The van der Waals surface area contributed by atoms with Crippen molar-refractivity contribution < 1.29 is 4.79 Å². The lowest BCUT2D eigenvalue weighted by molar-refractivity contribution is 0.0981. The highest BCUT2D eigenvalue weighted by molar-refractivity contribution is 6.00. The molecular formula is C19H19NO. The molecule has 0 atom stereocenters. The molecule has 2 aliphatic carbocycles. The number of fused-ring (bicyclic) bond motifs is 2. The van der Waals surface area contributed by atoms with Crippen molar-refractivity contribution in [3.05, 3.63) is 52.2 Å². The van der Waals surface area contributed by atoms with Crippen molar-refractivity contribution in [1.29, 1.82) is 0 Å². The first kappa shape index (κ1) is 12.6. The molecule has 0 spiro atoms. The van der Waals surface area contributed by atoms with Crippen molar-refractivity contribution in [1.82, 2.24) is 4.98 Å². The molecule has 21 heavy (non-hydrogen) atoms. The van der Waals surface area contributed by atoms with Crippen LogP contribution >= 0.6 is 0 Å². The summed E-state index contributed by atoms with van der Waals surface area (Å²) < 4.78 is 0. The van der Waals surface area contributed by atoms with Crippen molar-refractivity contribution in [2.45, 2.75) is 39.0 Å². The monoisotopic (exact) mass is 277 g/mol. The van der Waals surface area contributed by atoms with Crippen molar-refractivity contribution in [2.75, 3.05) is 0 Å². The van der Waals surface area contributed by atoms with Gasteiger partial charge in [-0.15, -0.1) is 0 Å². The van der Waals surface area contributed by atoms with E-state index in [2.05, 4.69) is 35.3 Å². The predicted octanol–water partition coefficient (Wildman–Crippen LogP) is 4.47. The molecule has 1 aromatic heterocycles. The van der Waals surface area contributed by atoms with Gasteiger partial charge in [-0.25, -0.2) is 0 Å². The van der Waals surface area contributed by atoms with Crippen LogP contribution in [0.2, 0.25) is 0 Å². The molecule has 0 unspecified atom stereocenters. The number of H-pyrrole nitrogens is 1. The fraction of sp³-hybridized carbons (Fsp3) is 0.316. The Hall–Kier alpha value is -2.09. The first-order chi connectivity index (χ1) is 10.2. The molecule has 106 valence electrons. The minimum absolute atomic E-state index is 0.310. The largest absolute Gasteiger partial charge is 0.358 e. The molecule has 0 saturated heterocycles. The van der Waals surface area contributed by atoms with Gasteiger partial charge in [0.2, 0.25) is 0 Å². The molecule has 0 amide bonds. The number of hydrogen-bond acceptors (Lipinski definition) is 1. The second kappa shape index (κ2) is 4.73. The summed E-state index contributed by atoms with van der Waals surface area (Å²) >= 11 is 0. The lowest BCUT2D eigenvalue weighted by atomic mass is 9.97. The fourth-order valence-corrected chi connectivity index (χ4v) is 3.68. The maximum atomic E-state index is 12.3. The van der Waals surface area contributed by atoms with Crippen LogP contribution in [-0.2, 0) is 12.8 Å². The summed E-state index contributed by atoms with van der Waals surface area (Å²) in [5, 5.41) is 0. The number of rotatable bonds is 1. The first-order valence-corrected chi connectivity index (χ1v) is 7.78. The average molecular weight is 277 g/mol. The Morgan fingerprint density at radius 1 is 1.14 bits per heavy atom. The van der Waals surface area contributed by atoms with Gasteiger partial charge in [-0.2, -0.15) is 0 Å². The second-order valence-electron chi connectivity index (χ2n) is 6.13. The van der Waals surface area contributed by atoms with E-state index in [4.69, 9.17) is 0 Å². The number of aromatic nitrogens is 1. The van der Waals surface area contributed by atoms with Gasteiger partial charge in [-0.1, -0.05) is 24.3 Å². The van der Waals surface area contributed by atoms with Crippen LogP contribution in [0.4, 0.5) is 0 Å². The molecule has 2 nitrogen and oxygen atoms in total. The van der Waals surface area contributed by atoms with E-state index in [0.29, 0.717) is 12.2 Å². The average Bonchev–Trinajstić information content (AvgIpc) is 3.01. The van der Waals surface area contributed by atoms with Crippen molar-refractivity contribution in [3.8, 4) is 11.3 Å². The quantitative estimate of drug-likeness (QED) is 0.766. The minimum atomic E-state index is 0.310. The summed E-state index contributed by atoms with van der Waals surface area (Å²) in [5.74, 6) is 0.310. The third-order valence-electron chi connectivity index (χ3n) is 4.72. The van der Waals surface area contributed by atoms with Gasteiger partial charge in [0.15, 0.2) is 5.78 Å². The number of nitrogens with one attached hydrogen (secondary N) is 1. The Morgan fingerprint density at radius 2 is 2.00 bits per heavy atom. The molecule has 2 aliphatic rings. The molecule has 2 heteroatoms. The van der Waals surface area contributed by atoms with Crippen LogP contribution in [0.3, 0.4) is 0 Å². The second-order valence-corrected chi connectivity index (χ2v) is 6.13. The molecule has 4 rings (SSSR count). The highest BCUT2D eigenvalue weighted by Crippen LogP contribution is 2.34. The van der Waals surface area contributed by atoms with Crippen LogP contribution in [0.1, 0.15) is 52.0 Å². The minimum Gasteiger partial charge on any atom is -0.358 e. The number of aromatic amines is 1. The number of hydrogen-bond donors (Lipinski definition) is 1. The van der Waals surface area contributed by atoms with E-state index < -0.39 is 0 Å². The molecule has 0 fully saturated rings. The zero-order valence-electron chi connectivity index (χ0n) is 12.3. The van der Waals surface area contributed by atoms with Crippen LogP contribution in [0.5, 0.6) is 0 Å². The Morgan fingerprint density at radius 3 is 2.90 bits per heavy atom. The van der Waals surface area contributed by atoms with Crippen LogP contribution in [0.15, 0.2) is 24.3 Å². The van der Waals surface area contributed by atoms with E-state index in [-0.39, 0.29) is 0 Å². The van der Waals surface area contributed by atoms with Crippen LogP contribution in [0, 0.1) is 6.92 Å². The van der Waals surface area contributed by atoms with Crippen LogP contribution in [-0.4, -0.2) is 10.8 Å². The normalized spacial score (nSPS) is 16.7. The lowest BCUT2D eigenvalue weighted by Crippen LogP contribution is -1.99. The van der Waals surface area contributed by atoms with E-state index in [1.54, 1.807) is 0 Å². The summed E-state index contributed by atoms with van der Waals surface area (Å²) in [6.45, 7) is 2.03. The number of benzene rings is 1. The molecule has 1 aromatic carbocycles. The van der Waals surface area contributed by atoms with E-state index in [1.165, 1.54) is 22.3 Å². The van der Waals surface area contributed by atoms with E-state index in [0.717, 1.165) is 42.6 Å². The highest BCUT2D eigenvalue weighted by atomic mass is 16.1. The molecule has 0 aliphatic heterocycles. The molecule has 0 saturated carbocycles. The Labute approximate surface area is 124 Å². The summed E-state index contributed by atoms with van der Waals surface area (Å²) in [7, 11) is 0. The van der Waals surface area contributed by atoms with Crippen molar-refractivity contribution in [3.63, 3.8) is 0 Å². The number of carbonyl (C=O) groups excluding carboxylic acids is 1. The smallest absolute Gasteiger partial charge is 0.164 e. The van der Waals surface area contributed by atoms with Gasteiger partial charge in [0.25, 0.3) is 0 Å². The number of ketones is 1. The maximum Gasteiger partial charge on any atom is 0.164 e. The number of aryl methyl sites for hydroxylation is 1. The third-order valence-corrected chi connectivity index (χ3v) is 4.72. The molecule has 0 radical (unpaired) electrons. The van der Waals surface area contributed by atoms with Crippen LogP contribution in [0.25, 0.3) is 17.3 Å². The van der Waals surface area contributed by atoms with E-state index >= 15 is 0 Å². The molecule has 1 heterocycles. The number of carbonyl (C=O) groups is 1. The Kier molecular flexibility index (Phi) is 2.85.